The normalized spacial score (nSPS) is 11.7. The van der Waals surface area contributed by atoms with Gasteiger partial charge in [-0.25, -0.2) is 0 Å². The average molecular weight is 243 g/mol. The SMILES string of the molecule is COc1c(Cl)cc(C)c(C)c1C(C)(C)CO. The van der Waals surface area contributed by atoms with Gasteiger partial charge < -0.3 is 9.84 Å². The minimum absolute atomic E-state index is 0.0595. The highest BCUT2D eigenvalue weighted by atomic mass is 35.5. The van der Waals surface area contributed by atoms with Crippen molar-refractivity contribution in [1.82, 2.24) is 0 Å². The summed E-state index contributed by atoms with van der Waals surface area (Å²) in [4.78, 5) is 0. The number of aliphatic hydroxyl groups excluding tert-OH is 1. The molecule has 0 aliphatic heterocycles. The van der Waals surface area contributed by atoms with Gasteiger partial charge >= 0.3 is 0 Å². The van der Waals surface area contributed by atoms with E-state index >= 15 is 0 Å². The van der Waals surface area contributed by atoms with E-state index in [0.717, 1.165) is 16.7 Å². The monoisotopic (exact) mass is 242 g/mol. The molecule has 0 spiro atoms. The molecule has 16 heavy (non-hydrogen) atoms. The molecule has 0 saturated carbocycles. The lowest BCUT2D eigenvalue weighted by Gasteiger charge is -2.28. The average Bonchev–Trinajstić information content (AvgIpc) is 2.22. The zero-order valence-electron chi connectivity index (χ0n) is 10.5. The maximum absolute atomic E-state index is 9.48. The molecule has 0 saturated heterocycles. The third-order valence-corrected chi connectivity index (χ3v) is 3.31. The van der Waals surface area contributed by atoms with E-state index in [1.807, 2.05) is 33.8 Å². The van der Waals surface area contributed by atoms with Crippen molar-refractivity contribution in [3.8, 4) is 5.75 Å². The number of benzene rings is 1. The molecule has 1 aromatic carbocycles. The summed E-state index contributed by atoms with van der Waals surface area (Å²) in [6.07, 6.45) is 0. The van der Waals surface area contributed by atoms with Crippen LogP contribution in [0.5, 0.6) is 5.75 Å². The van der Waals surface area contributed by atoms with Crippen molar-refractivity contribution in [1.29, 1.82) is 0 Å². The number of ether oxygens (including phenoxy) is 1. The molecule has 0 radical (unpaired) electrons. The third-order valence-electron chi connectivity index (χ3n) is 3.03. The molecule has 1 N–H and O–H groups in total. The van der Waals surface area contributed by atoms with Gasteiger partial charge in [-0.3, -0.25) is 0 Å². The Balaban J connectivity index is 3.57. The van der Waals surface area contributed by atoms with Crippen molar-refractivity contribution in [3.05, 3.63) is 27.8 Å². The van der Waals surface area contributed by atoms with E-state index in [-0.39, 0.29) is 12.0 Å². The highest BCUT2D eigenvalue weighted by molar-refractivity contribution is 6.32. The smallest absolute Gasteiger partial charge is 0.141 e. The topological polar surface area (TPSA) is 29.5 Å². The van der Waals surface area contributed by atoms with Crippen molar-refractivity contribution in [3.63, 3.8) is 0 Å². The number of hydrogen-bond acceptors (Lipinski definition) is 2. The van der Waals surface area contributed by atoms with Crippen LogP contribution >= 0.6 is 11.6 Å². The fourth-order valence-electron chi connectivity index (χ4n) is 1.94. The summed E-state index contributed by atoms with van der Waals surface area (Å²) in [5, 5.41) is 10.1. The Bertz CT molecular complexity index is 397. The van der Waals surface area contributed by atoms with Gasteiger partial charge in [-0.2, -0.15) is 0 Å². The van der Waals surface area contributed by atoms with Crippen molar-refractivity contribution >= 4 is 11.6 Å². The van der Waals surface area contributed by atoms with E-state index in [1.54, 1.807) is 7.11 Å². The Morgan fingerprint density at radius 2 is 1.94 bits per heavy atom. The molecule has 0 atom stereocenters. The Morgan fingerprint density at radius 3 is 2.38 bits per heavy atom. The zero-order valence-corrected chi connectivity index (χ0v) is 11.3. The van der Waals surface area contributed by atoms with Crippen LogP contribution < -0.4 is 4.74 Å². The second-order valence-electron chi connectivity index (χ2n) is 4.75. The van der Waals surface area contributed by atoms with Crippen LogP contribution in [0.4, 0.5) is 0 Å². The molecule has 0 fully saturated rings. The van der Waals surface area contributed by atoms with Gasteiger partial charge in [-0.1, -0.05) is 25.4 Å². The molecule has 0 aromatic heterocycles. The minimum atomic E-state index is -0.356. The standard InChI is InChI=1S/C13H19ClO2/c1-8-6-10(14)12(16-5)11(9(8)2)13(3,4)7-15/h6,15H,7H2,1-5H3. The van der Waals surface area contributed by atoms with Crippen LogP contribution in [0.3, 0.4) is 0 Å². The largest absolute Gasteiger partial charge is 0.495 e. The second-order valence-corrected chi connectivity index (χ2v) is 5.16. The third kappa shape index (κ3) is 2.18. The second kappa shape index (κ2) is 4.64. The highest BCUT2D eigenvalue weighted by Crippen LogP contribution is 2.40. The summed E-state index contributed by atoms with van der Waals surface area (Å²) >= 11 is 6.16. The molecule has 0 bridgehead atoms. The number of rotatable bonds is 3. The Hall–Kier alpha value is -0.730. The predicted molar refractivity (Wildman–Crippen MR) is 67.6 cm³/mol. The van der Waals surface area contributed by atoms with Gasteiger partial charge in [0, 0.05) is 11.0 Å². The van der Waals surface area contributed by atoms with Crippen molar-refractivity contribution in [2.24, 2.45) is 0 Å². The summed E-state index contributed by atoms with van der Waals surface area (Å²) in [6, 6.07) is 1.90. The van der Waals surface area contributed by atoms with Gasteiger partial charge in [-0.05, 0) is 31.0 Å². The lowest BCUT2D eigenvalue weighted by molar-refractivity contribution is 0.214. The summed E-state index contributed by atoms with van der Waals surface area (Å²) in [6.45, 7) is 8.06. The minimum Gasteiger partial charge on any atom is -0.495 e. The maximum atomic E-state index is 9.48. The van der Waals surface area contributed by atoms with Crippen molar-refractivity contribution < 1.29 is 9.84 Å². The van der Waals surface area contributed by atoms with Gasteiger partial charge in [0.1, 0.15) is 5.75 Å². The quantitative estimate of drug-likeness (QED) is 0.882. The molecule has 3 heteroatoms. The molecule has 0 aliphatic carbocycles. The van der Waals surface area contributed by atoms with Crippen LogP contribution in [0.1, 0.15) is 30.5 Å². The van der Waals surface area contributed by atoms with E-state index in [0.29, 0.717) is 10.8 Å². The summed E-state index contributed by atoms with van der Waals surface area (Å²) < 4.78 is 5.36. The lowest BCUT2D eigenvalue weighted by Crippen LogP contribution is -2.24. The Kier molecular flexibility index (Phi) is 3.87. The Labute approximate surface area is 102 Å². The number of hydrogen-bond donors (Lipinski definition) is 1. The number of methoxy groups -OCH3 is 1. The van der Waals surface area contributed by atoms with Crippen molar-refractivity contribution in [2.45, 2.75) is 33.1 Å². The van der Waals surface area contributed by atoms with Crippen LogP contribution in [-0.4, -0.2) is 18.8 Å². The summed E-state index contributed by atoms with van der Waals surface area (Å²) in [5.41, 5.74) is 2.87. The molecule has 1 rings (SSSR count). The van der Waals surface area contributed by atoms with Crippen LogP contribution in [0.25, 0.3) is 0 Å². The van der Waals surface area contributed by atoms with Gasteiger partial charge in [0.2, 0.25) is 0 Å². The van der Waals surface area contributed by atoms with Crippen LogP contribution in [0, 0.1) is 13.8 Å². The predicted octanol–water partition coefficient (Wildman–Crippen LogP) is 3.24. The van der Waals surface area contributed by atoms with Gasteiger partial charge in [0.05, 0.1) is 18.7 Å². The van der Waals surface area contributed by atoms with Gasteiger partial charge in [0.15, 0.2) is 0 Å². The molecule has 1 aromatic rings. The van der Waals surface area contributed by atoms with E-state index in [4.69, 9.17) is 16.3 Å². The fraction of sp³-hybridized carbons (Fsp3) is 0.538. The van der Waals surface area contributed by atoms with E-state index in [9.17, 15) is 5.11 Å². The molecular formula is C13H19ClO2. The molecule has 0 unspecified atom stereocenters. The first-order valence-electron chi connectivity index (χ1n) is 5.30. The molecule has 90 valence electrons. The summed E-state index contributed by atoms with van der Waals surface area (Å²) in [5.74, 6) is 0.670. The van der Waals surface area contributed by atoms with E-state index < -0.39 is 0 Å². The van der Waals surface area contributed by atoms with Crippen molar-refractivity contribution in [2.75, 3.05) is 13.7 Å². The molecule has 0 aliphatic rings. The highest BCUT2D eigenvalue weighted by Gasteiger charge is 2.28. The van der Waals surface area contributed by atoms with Crippen LogP contribution in [0.2, 0.25) is 5.02 Å². The van der Waals surface area contributed by atoms with Gasteiger partial charge in [0.25, 0.3) is 0 Å². The first kappa shape index (κ1) is 13.3. The molecular weight excluding hydrogens is 224 g/mol. The molecule has 0 amide bonds. The van der Waals surface area contributed by atoms with E-state index in [2.05, 4.69) is 0 Å². The van der Waals surface area contributed by atoms with Crippen LogP contribution in [0.15, 0.2) is 6.07 Å². The lowest BCUT2D eigenvalue weighted by atomic mass is 9.81. The zero-order chi connectivity index (χ0) is 12.5. The first-order chi connectivity index (χ1) is 7.35. The fourth-order valence-corrected chi connectivity index (χ4v) is 2.28. The molecule has 0 heterocycles. The first-order valence-corrected chi connectivity index (χ1v) is 5.68. The number of aliphatic hydroxyl groups is 1. The number of halogens is 1. The maximum Gasteiger partial charge on any atom is 0.141 e. The Morgan fingerprint density at radius 1 is 1.38 bits per heavy atom. The number of aryl methyl sites for hydroxylation is 1. The summed E-state index contributed by atoms with van der Waals surface area (Å²) in [7, 11) is 1.60. The van der Waals surface area contributed by atoms with Crippen LogP contribution in [-0.2, 0) is 5.41 Å². The van der Waals surface area contributed by atoms with Gasteiger partial charge in [-0.15, -0.1) is 0 Å². The van der Waals surface area contributed by atoms with E-state index in [1.165, 1.54) is 0 Å². The molecule has 2 nitrogen and oxygen atoms in total.